The van der Waals surface area contributed by atoms with Gasteiger partial charge < -0.3 is 14.1 Å². The van der Waals surface area contributed by atoms with Crippen LogP contribution in [0.1, 0.15) is 16.4 Å². The van der Waals surface area contributed by atoms with Gasteiger partial charge >= 0.3 is 0 Å². The predicted octanol–water partition coefficient (Wildman–Crippen LogP) is 2.27. The molecule has 1 aromatic carbocycles. The Bertz CT molecular complexity index is 546. The number of ether oxygens (including phenoxy) is 1. The van der Waals surface area contributed by atoms with Crippen LogP contribution in [0.3, 0.4) is 0 Å². The fourth-order valence-corrected chi connectivity index (χ4v) is 1.56. The lowest BCUT2D eigenvalue weighted by Gasteiger charge is -2.16. The third kappa shape index (κ3) is 2.34. The molecule has 5 heteroatoms. The van der Waals surface area contributed by atoms with Gasteiger partial charge in [-0.1, -0.05) is 0 Å². The Kier molecular flexibility index (Phi) is 3.32. The van der Waals surface area contributed by atoms with Crippen molar-refractivity contribution in [3.8, 4) is 5.75 Å². The van der Waals surface area contributed by atoms with Crippen molar-refractivity contribution in [2.45, 2.75) is 6.92 Å². The molecule has 0 bridgehead atoms. The maximum atomic E-state index is 12.1. The number of hydrogen-bond donors (Lipinski definition) is 0. The Labute approximate surface area is 105 Å². The minimum absolute atomic E-state index is 0.211. The Morgan fingerprint density at radius 2 is 2.00 bits per heavy atom. The van der Waals surface area contributed by atoms with Gasteiger partial charge in [0.2, 0.25) is 0 Å². The van der Waals surface area contributed by atoms with Crippen molar-refractivity contribution in [2.75, 3.05) is 19.1 Å². The van der Waals surface area contributed by atoms with Crippen LogP contribution in [0.4, 0.5) is 5.69 Å². The normalized spacial score (nSPS) is 10.2. The van der Waals surface area contributed by atoms with Gasteiger partial charge in [0, 0.05) is 19.7 Å². The average molecular weight is 246 g/mol. The van der Waals surface area contributed by atoms with E-state index in [1.54, 1.807) is 33.2 Å². The summed E-state index contributed by atoms with van der Waals surface area (Å²) in [5.41, 5.74) is 1.06. The summed E-state index contributed by atoms with van der Waals surface area (Å²) in [7, 11) is 3.29. The lowest BCUT2D eigenvalue weighted by molar-refractivity contribution is 0.0988. The SMILES string of the molecule is COc1ccc(N(C)C(=O)c2coc(C)n2)cc1. The van der Waals surface area contributed by atoms with Crippen molar-refractivity contribution >= 4 is 11.6 Å². The molecule has 1 heterocycles. The largest absolute Gasteiger partial charge is 0.497 e. The molecule has 18 heavy (non-hydrogen) atoms. The van der Waals surface area contributed by atoms with Gasteiger partial charge in [0.05, 0.1) is 7.11 Å². The first-order valence-electron chi connectivity index (χ1n) is 5.46. The maximum Gasteiger partial charge on any atom is 0.279 e. The summed E-state index contributed by atoms with van der Waals surface area (Å²) in [5, 5.41) is 0. The van der Waals surface area contributed by atoms with E-state index in [1.807, 2.05) is 12.1 Å². The molecule has 0 unspecified atom stereocenters. The molecule has 0 spiro atoms. The first-order valence-corrected chi connectivity index (χ1v) is 5.46. The van der Waals surface area contributed by atoms with Crippen LogP contribution >= 0.6 is 0 Å². The van der Waals surface area contributed by atoms with E-state index in [1.165, 1.54) is 11.2 Å². The molecule has 0 saturated carbocycles. The molecule has 2 aromatic rings. The van der Waals surface area contributed by atoms with Crippen molar-refractivity contribution in [3.05, 3.63) is 42.1 Å². The van der Waals surface area contributed by atoms with Crippen LogP contribution in [0.25, 0.3) is 0 Å². The van der Waals surface area contributed by atoms with Gasteiger partial charge in [-0.2, -0.15) is 0 Å². The first-order chi connectivity index (χ1) is 8.61. The molecule has 1 aromatic heterocycles. The number of rotatable bonds is 3. The highest BCUT2D eigenvalue weighted by molar-refractivity contribution is 6.04. The fourth-order valence-electron chi connectivity index (χ4n) is 1.56. The molecular formula is C13H14N2O3. The zero-order valence-corrected chi connectivity index (χ0v) is 10.5. The number of methoxy groups -OCH3 is 1. The number of anilines is 1. The second kappa shape index (κ2) is 4.91. The standard InChI is InChI=1S/C13H14N2O3/c1-9-14-12(8-18-9)13(16)15(2)10-4-6-11(17-3)7-5-10/h4-8H,1-3H3. The highest BCUT2D eigenvalue weighted by Gasteiger charge is 2.16. The lowest BCUT2D eigenvalue weighted by atomic mass is 10.2. The highest BCUT2D eigenvalue weighted by atomic mass is 16.5. The Hall–Kier alpha value is -2.30. The molecule has 94 valence electrons. The number of amides is 1. The molecule has 1 amide bonds. The summed E-state index contributed by atoms with van der Waals surface area (Å²) in [5.74, 6) is 1.01. The average Bonchev–Trinajstić information content (AvgIpc) is 2.84. The molecule has 0 atom stereocenters. The number of benzene rings is 1. The first kappa shape index (κ1) is 12.2. The zero-order chi connectivity index (χ0) is 13.1. The van der Waals surface area contributed by atoms with Gasteiger partial charge in [0.15, 0.2) is 11.6 Å². The molecule has 0 aliphatic carbocycles. The molecule has 5 nitrogen and oxygen atoms in total. The van der Waals surface area contributed by atoms with Crippen molar-refractivity contribution in [1.82, 2.24) is 4.98 Å². The Balaban J connectivity index is 2.19. The number of oxazole rings is 1. The van der Waals surface area contributed by atoms with E-state index >= 15 is 0 Å². The maximum absolute atomic E-state index is 12.1. The fraction of sp³-hybridized carbons (Fsp3) is 0.231. The summed E-state index contributed by atoms with van der Waals surface area (Å²) < 4.78 is 10.1. The van der Waals surface area contributed by atoms with Crippen LogP contribution in [-0.4, -0.2) is 25.0 Å². The number of carbonyl (C=O) groups excluding carboxylic acids is 1. The lowest BCUT2D eigenvalue weighted by Crippen LogP contribution is -2.26. The monoisotopic (exact) mass is 246 g/mol. The van der Waals surface area contributed by atoms with E-state index in [0.717, 1.165) is 11.4 Å². The molecule has 2 rings (SSSR count). The topological polar surface area (TPSA) is 55.6 Å². The van der Waals surface area contributed by atoms with Gasteiger partial charge in [-0.25, -0.2) is 4.98 Å². The van der Waals surface area contributed by atoms with Gasteiger partial charge in [-0.3, -0.25) is 4.79 Å². The summed E-state index contributed by atoms with van der Waals surface area (Å²) in [4.78, 5) is 17.6. The summed E-state index contributed by atoms with van der Waals surface area (Å²) in [6.07, 6.45) is 1.36. The van der Waals surface area contributed by atoms with Gasteiger partial charge in [0.25, 0.3) is 5.91 Å². The van der Waals surface area contributed by atoms with E-state index in [4.69, 9.17) is 9.15 Å². The number of carbonyl (C=O) groups is 1. The molecule has 0 aliphatic rings. The van der Waals surface area contributed by atoms with Crippen molar-refractivity contribution in [1.29, 1.82) is 0 Å². The molecular weight excluding hydrogens is 232 g/mol. The van der Waals surface area contributed by atoms with E-state index in [0.29, 0.717) is 11.6 Å². The number of hydrogen-bond acceptors (Lipinski definition) is 4. The van der Waals surface area contributed by atoms with Crippen LogP contribution in [0, 0.1) is 6.92 Å². The minimum atomic E-state index is -0.211. The summed E-state index contributed by atoms with van der Waals surface area (Å²) >= 11 is 0. The highest BCUT2D eigenvalue weighted by Crippen LogP contribution is 2.19. The van der Waals surface area contributed by atoms with Crippen LogP contribution in [-0.2, 0) is 0 Å². The second-order valence-electron chi connectivity index (χ2n) is 3.81. The van der Waals surface area contributed by atoms with Gasteiger partial charge in [0.1, 0.15) is 12.0 Å². The van der Waals surface area contributed by atoms with Crippen molar-refractivity contribution in [3.63, 3.8) is 0 Å². The smallest absolute Gasteiger partial charge is 0.279 e. The Morgan fingerprint density at radius 1 is 1.33 bits per heavy atom. The minimum Gasteiger partial charge on any atom is -0.497 e. The van der Waals surface area contributed by atoms with E-state index in [2.05, 4.69) is 4.98 Å². The molecule has 0 radical (unpaired) electrons. The van der Waals surface area contributed by atoms with Crippen molar-refractivity contribution < 1.29 is 13.9 Å². The number of nitrogens with zero attached hydrogens (tertiary/aromatic N) is 2. The van der Waals surface area contributed by atoms with E-state index in [9.17, 15) is 4.79 Å². The predicted molar refractivity (Wildman–Crippen MR) is 67.0 cm³/mol. The molecule has 0 N–H and O–H groups in total. The van der Waals surface area contributed by atoms with Crippen LogP contribution in [0.2, 0.25) is 0 Å². The number of aromatic nitrogens is 1. The van der Waals surface area contributed by atoms with Crippen LogP contribution < -0.4 is 9.64 Å². The quantitative estimate of drug-likeness (QED) is 0.833. The van der Waals surface area contributed by atoms with Crippen LogP contribution in [0.5, 0.6) is 5.75 Å². The Morgan fingerprint density at radius 3 is 2.50 bits per heavy atom. The second-order valence-corrected chi connectivity index (χ2v) is 3.81. The van der Waals surface area contributed by atoms with E-state index in [-0.39, 0.29) is 5.91 Å². The third-order valence-electron chi connectivity index (χ3n) is 2.60. The van der Waals surface area contributed by atoms with E-state index < -0.39 is 0 Å². The zero-order valence-electron chi connectivity index (χ0n) is 10.5. The molecule has 0 saturated heterocycles. The molecule has 0 aliphatic heterocycles. The van der Waals surface area contributed by atoms with Crippen molar-refractivity contribution in [2.24, 2.45) is 0 Å². The summed E-state index contributed by atoms with van der Waals surface area (Å²) in [6.45, 7) is 1.70. The van der Waals surface area contributed by atoms with Gasteiger partial charge in [-0.15, -0.1) is 0 Å². The number of aryl methyl sites for hydroxylation is 1. The summed E-state index contributed by atoms with van der Waals surface area (Å²) in [6, 6.07) is 7.22. The van der Waals surface area contributed by atoms with Crippen LogP contribution in [0.15, 0.2) is 34.9 Å². The molecule has 0 fully saturated rings. The van der Waals surface area contributed by atoms with Gasteiger partial charge in [-0.05, 0) is 24.3 Å². The third-order valence-corrected chi connectivity index (χ3v) is 2.60.